The van der Waals surface area contributed by atoms with Crippen LogP contribution in [0.1, 0.15) is 48.5 Å². The summed E-state index contributed by atoms with van der Waals surface area (Å²) in [4.78, 5) is 13.4. The predicted molar refractivity (Wildman–Crippen MR) is 106 cm³/mol. The highest BCUT2D eigenvalue weighted by Crippen LogP contribution is 2.39. The highest BCUT2D eigenvalue weighted by atomic mass is 32.1. The van der Waals surface area contributed by atoms with E-state index < -0.39 is 6.10 Å². The summed E-state index contributed by atoms with van der Waals surface area (Å²) in [6, 6.07) is 7.09. The first-order valence-corrected chi connectivity index (χ1v) is 10.0. The number of benzene rings is 1. The molecule has 0 saturated carbocycles. The molecule has 0 aliphatic rings. The first-order valence-electron chi connectivity index (χ1n) is 9.16. The van der Waals surface area contributed by atoms with Gasteiger partial charge in [0.1, 0.15) is 0 Å². The van der Waals surface area contributed by atoms with Crippen LogP contribution in [0.5, 0.6) is 17.2 Å². The first-order chi connectivity index (χ1) is 13.1. The lowest BCUT2D eigenvalue weighted by molar-refractivity contribution is 0.0942. The molecule has 0 spiro atoms. The van der Waals surface area contributed by atoms with Crippen LogP contribution in [0.3, 0.4) is 0 Å². The topological polar surface area (TPSA) is 77.0 Å². The van der Waals surface area contributed by atoms with Crippen LogP contribution < -0.4 is 19.5 Å². The molecule has 1 unspecified atom stereocenters. The molecule has 27 heavy (non-hydrogen) atoms. The van der Waals surface area contributed by atoms with Gasteiger partial charge in [0.2, 0.25) is 5.75 Å². The molecule has 0 radical (unpaired) electrons. The molecule has 1 atom stereocenters. The second kappa shape index (κ2) is 10.8. The number of rotatable bonds is 11. The van der Waals surface area contributed by atoms with Crippen LogP contribution >= 0.6 is 11.3 Å². The van der Waals surface area contributed by atoms with Gasteiger partial charge in [0.15, 0.2) is 11.5 Å². The van der Waals surface area contributed by atoms with Gasteiger partial charge in [-0.1, -0.05) is 6.07 Å². The number of ether oxygens (including phenoxy) is 3. The Labute approximate surface area is 164 Å². The standard InChI is InChI=1S/C20H27NO5S/c1-4-24-16-12-14(13-17(25-5-2)19(16)26-6-3)20(23)21-10-9-15(22)18-8-7-11-27-18/h7-8,11-13,15,22H,4-6,9-10H2,1-3H3,(H,21,23). The Bertz CT molecular complexity index is 690. The van der Waals surface area contributed by atoms with Crippen molar-refractivity contribution >= 4 is 17.2 Å². The van der Waals surface area contributed by atoms with Gasteiger partial charge < -0.3 is 24.6 Å². The molecule has 2 N–H and O–H groups in total. The minimum absolute atomic E-state index is 0.252. The fraction of sp³-hybridized carbons (Fsp3) is 0.450. The molecule has 7 heteroatoms. The smallest absolute Gasteiger partial charge is 0.251 e. The molecule has 0 fully saturated rings. The Morgan fingerprint density at radius 2 is 1.74 bits per heavy atom. The second-order valence-corrected chi connectivity index (χ2v) is 6.66. The maximum Gasteiger partial charge on any atom is 0.251 e. The van der Waals surface area contributed by atoms with E-state index in [1.807, 2.05) is 38.3 Å². The number of carbonyl (C=O) groups excluding carboxylic acids is 1. The predicted octanol–water partition coefficient (Wildman–Crippen LogP) is 3.80. The number of amides is 1. The van der Waals surface area contributed by atoms with Gasteiger partial charge >= 0.3 is 0 Å². The molecule has 0 bridgehead atoms. The number of carbonyl (C=O) groups is 1. The minimum Gasteiger partial charge on any atom is -0.490 e. The van der Waals surface area contributed by atoms with Gasteiger partial charge in [0.25, 0.3) is 5.91 Å². The number of aliphatic hydroxyl groups is 1. The van der Waals surface area contributed by atoms with E-state index in [0.29, 0.717) is 55.6 Å². The molecule has 148 valence electrons. The Hall–Kier alpha value is -2.25. The highest BCUT2D eigenvalue weighted by Gasteiger charge is 2.18. The Kier molecular flexibility index (Phi) is 8.42. The van der Waals surface area contributed by atoms with Crippen LogP contribution in [-0.2, 0) is 0 Å². The van der Waals surface area contributed by atoms with Crippen LogP contribution in [0.4, 0.5) is 0 Å². The molecule has 2 aromatic rings. The van der Waals surface area contributed by atoms with Crippen LogP contribution in [0.2, 0.25) is 0 Å². The van der Waals surface area contributed by atoms with E-state index in [1.165, 1.54) is 11.3 Å². The fourth-order valence-corrected chi connectivity index (χ4v) is 3.31. The Morgan fingerprint density at radius 3 is 2.26 bits per heavy atom. The summed E-state index contributed by atoms with van der Waals surface area (Å²) < 4.78 is 16.9. The zero-order valence-electron chi connectivity index (χ0n) is 16.0. The van der Waals surface area contributed by atoms with Gasteiger partial charge in [0.05, 0.1) is 25.9 Å². The lowest BCUT2D eigenvalue weighted by Gasteiger charge is -2.17. The highest BCUT2D eigenvalue weighted by molar-refractivity contribution is 7.10. The van der Waals surface area contributed by atoms with Crippen molar-refractivity contribution in [2.75, 3.05) is 26.4 Å². The van der Waals surface area contributed by atoms with Crippen molar-refractivity contribution in [3.8, 4) is 17.2 Å². The van der Waals surface area contributed by atoms with Gasteiger partial charge in [-0.25, -0.2) is 0 Å². The van der Waals surface area contributed by atoms with Gasteiger partial charge in [-0.3, -0.25) is 4.79 Å². The lowest BCUT2D eigenvalue weighted by Crippen LogP contribution is -2.25. The summed E-state index contributed by atoms with van der Waals surface area (Å²) in [6.07, 6.45) is -0.136. The van der Waals surface area contributed by atoms with E-state index in [0.717, 1.165) is 4.88 Å². The zero-order chi connectivity index (χ0) is 19.6. The first kappa shape index (κ1) is 21.1. The summed E-state index contributed by atoms with van der Waals surface area (Å²) in [5, 5.41) is 14.9. The summed E-state index contributed by atoms with van der Waals surface area (Å²) in [5.74, 6) is 1.22. The Morgan fingerprint density at radius 1 is 1.11 bits per heavy atom. The number of hydrogen-bond donors (Lipinski definition) is 2. The second-order valence-electron chi connectivity index (χ2n) is 5.68. The molecule has 6 nitrogen and oxygen atoms in total. The van der Waals surface area contributed by atoms with E-state index in [4.69, 9.17) is 14.2 Å². The lowest BCUT2D eigenvalue weighted by atomic mass is 10.1. The summed E-state index contributed by atoms with van der Waals surface area (Å²) >= 11 is 1.50. The van der Waals surface area contributed by atoms with Crippen molar-refractivity contribution in [1.82, 2.24) is 5.32 Å². The van der Waals surface area contributed by atoms with E-state index >= 15 is 0 Å². The molecule has 1 aromatic carbocycles. The third-order valence-electron chi connectivity index (χ3n) is 3.75. The average molecular weight is 394 g/mol. The third kappa shape index (κ3) is 5.87. The fourth-order valence-electron chi connectivity index (χ4n) is 2.57. The van der Waals surface area contributed by atoms with Gasteiger partial charge in [0, 0.05) is 17.0 Å². The van der Waals surface area contributed by atoms with Crippen molar-refractivity contribution in [3.05, 3.63) is 40.1 Å². The molecule has 0 aliphatic carbocycles. The zero-order valence-corrected chi connectivity index (χ0v) is 16.8. The largest absolute Gasteiger partial charge is 0.490 e. The number of aliphatic hydroxyl groups excluding tert-OH is 1. The summed E-state index contributed by atoms with van der Waals surface area (Å²) in [5.41, 5.74) is 0.427. The van der Waals surface area contributed by atoms with Crippen molar-refractivity contribution in [1.29, 1.82) is 0 Å². The monoisotopic (exact) mass is 393 g/mol. The van der Waals surface area contributed by atoms with E-state index in [1.54, 1.807) is 12.1 Å². The van der Waals surface area contributed by atoms with Gasteiger partial charge in [-0.05, 0) is 50.8 Å². The third-order valence-corrected chi connectivity index (χ3v) is 4.72. The summed E-state index contributed by atoms with van der Waals surface area (Å²) in [6.45, 7) is 7.34. The van der Waals surface area contributed by atoms with Crippen molar-refractivity contribution in [2.45, 2.75) is 33.3 Å². The number of hydrogen-bond acceptors (Lipinski definition) is 6. The molecular formula is C20H27NO5S. The number of nitrogens with one attached hydrogen (secondary N) is 1. The summed E-state index contributed by atoms with van der Waals surface area (Å²) in [7, 11) is 0. The molecule has 1 heterocycles. The maximum atomic E-state index is 12.6. The Balaban J connectivity index is 2.09. The van der Waals surface area contributed by atoms with Crippen molar-refractivity contribution < 1.29 is 24.1 Å². The van der Waals surface area contributed by atoms with E-state index in [2.05, 4.69) is 5.32 Å². The molecular weight excluding hydrogens is 366 g/mol. The SMILES string of the molecule is CCOc1cc(C(=O)NCCC(O)c2cccs2)cc(OCC)c1OCC. The molecule has 1 amide bonds. The minimum atomic E-state index is -0.580. The van der Waals surface area contributed by atoms with Gasteiger partial charge in [-0.15, -0.1) is 11.3 Å². The van der Waals surface area contributed by atoms with Crippen LogP contribution in [0.25, 0.3) is 0 Å². The molecule has 0 aliphatic heterocycles. The van der Waals surface area contributed by atoms with Crippen molar-refractivity contribution in [3.63, 3.8) is 0 Å². The average Bonchev–Trinajstić information content (AvgIpc) is 3.19. The van der Waals surface area contributed by atoms with Crippen LogP contribution in [0.15, 0.2) is 29.6 Å². The van der Waals surface area contributed by atoms with Crippen LogP contribution in [0, 0.1) is 0 Å². The molecule has 0 saturated heterocycles. The van der Waals surface area contributed by atoms with Gasteiger partial charge in [-0.2, -0.15) is 0 Å². The quantitative estimate of drug-likeness (QED) is 0.607. The number of thiophene rings is 1. The maximum absolute atomic E-state index is 12.6. The van der Waals surface area contributed by atoms with E-state index in [-0.39, 0.29) is 5.91 Å². The molecule has 1 aromatic heterocycles. The normalized spacial score (nSPS) is 11.7. The van der Waals surface area contributed by atoms with E-state index in [9.17, 15) is 9.90 Å². The van der Waals surface area contributed by atoms with Crippen molar-refractivity contribution in [2.24, 2.45) is 0 Å². The van der Waals surface area contributed by atoms with Crippen LogP contribution in [-0.4, -0.2) is 37.4 Å². The molecule has 2 rings (SSSR count).